The molecule has 0 fully saturated rings. The summed E-state index contributed by atoms with van der Waals surface area (Å²) in [5, 5.41) is 12.5. The van der Waals surface area contributed by atoms with Crippen LogP contribution in [-0.4, -0.2) is 23.8 Å². The molecule has 20 heavy (non-hydrogen) atoms. The Morgan fingerprint density at radius 1 is 1.30 bits per heavy atom. The number of hydrogen-bond donors (Lipinski definition) is 1. The average Bonchev–Trinajstić information content (AvgIpc) is 3.04. The molecule has 5 heteroatoms. The third kappa shape index (κ3) is 1.78. The van der Waals surface area contributed by atoms with Gasteiger partial charge in [-0.25, -0.2) is 0 Å². The summed E-state index contributed by atoms with van der Waals surface area (Å²) >= 11 is 1.31. The second kappa shape index (κ2) is 4.54. The van der Waals surface area contributed by atoms with Crippen LogP contribution in [0.5, 0.6) is 0 Å². The number of para-hydroxylation sites is 1. The number of fused-ring (bicyclic) bond motifs is 1. The maximum Gasteiger partial charge on any atom is 0.263 e. The van der Waals surface area contributed by atoms with Crippen molar-refractivity contribution >= 4 is 28.7 Å². The number of carbonyl (C=O) groups excluding carboxylic acids is 2. The SMILES string of the molecule is CN1C(=O)C(O)(CC(=O)c2cccs2)c2ccccc21. The lowest BCUT2D eigenvalue weighted by Crippen LogP contribution is -2.40. The van der Waals surface area contributed by atoms with E-state index in [1.54, 1.807) is 48.8 Å². The minimum atomic E-state index is -1.76. The van der Waals surface area contributed by atoms with Gasteiger partial charge in [0.25, 0.3) is 5.91 Å². The van der Waals surface area contributed by atoms with Crippen LogP contribution in [0.4, 0.5) is 5.69 Å². The third-order valence-electron chi connectivity index (χ3n) is 3.58. The van der Waals surface area contributed by atoms with Gasteiger partial charge in [0.2, 0.25) is 0 Å². The second-order valence-corrected chi connectivity index (χ2v) is 5.77. The van der Waals surface area contributed by atoms with Gasteiger partial charge in [-0.15, -0.1) is 11.3 Å². The summed E-state index contributed by atoms with van der Waals surface area (Å²) in [6, 6.07) is 10.5. The molecule has 0 aliphatic carbocycles. The number of anilines is 1. The van der Waals surface area contributed by atoms with Crippen LogP contribution in [0, 0.1) is 0 Å². The topological polar surface area (TPSA) is 57.6 Å². The van der Waals surface area contributed by atoms with Crippen molar-refractivity contribution in [2.45, 2.75) is 12.0 Å². The van der Waals surface area contributed by atoms with Gasteiger partial charge in [-0.05, 0) is 17.5 Å². The number of benzene rings is 1. The van der Waals surface area contributed by atoms with E-state index in [1.807, 2.05) is 0 Å². The van der Waals surface area contributed by atoms with Crippen molar-refractivity contribution in [3.8, 4) is 0 Å². The number of carbonyl (C=O) groups is 2. The lowest BCUT2D eigenvalue weighted by Gasteiger charge is -2.20. The monoisotopic (exact) mass is 287 g/mol. The normalized spacial score (nSPS) is 21.1. The number of amides is 1. The van der Waals surface area contributed by atoms with Gasteiger partial charge in [-0.2, -0.15) is 0 Å². The molecule has 0 bridgehead atoms. The first-order valence-electron chi connectivity index (χ1n) is 6.21. The van der Waals surface area contributed by atoms with Gasteiger partial charge in [0.1, 0.15) is 0 Å². The Morgan fingerprint density at radius 3 is 2.75 bits per heavy atom. The van der Waals surface area contributed by atoms with E-state index in [1.165, 1.54) is 16.2 Å². The number of aliphatic hydroxyl groups is 1. The molecule has 1 N–H and O–H groups in total. The third-order valence-corrected chi connectivity index (χ3v) is 4.49. The zero-order valence-corrected chi connectivity index (χ0v) is 11.7. The summed E-state index contributed by atoms with van der Waals surface area (Å²) in [6.45, 7) is 0. The van der Waals surface area contributed by atoms with Gasteiger partial charge in [-0.1, -0.05) is 24.3 Å². The van der Waals surface area contributed by atoms with Crippen molar-refractivity contribution in [3.05, 3.63) is 52.2 Å². The van der Waals surface area contributed by atoms with Crippen molar-refractivity contribution in [2.75, 3.05) is 11.9 Å². The Bertz CT molecular complexity index is 680. The predicted octanol–water partition coefficient (Wildman–Crippen LogP) is 2.19. The fourth-order valence-corrected chi connectivity index (χ4v) is 3.21. The van der Waals surface area contributed by atoms with Crippen molar-refractivity contribution in [1.82, 2.24) is 0 Å². The highest BCUT2D eigenvalue weighted by Gasteiger charge is 2.49. The zero-order valence-electron chi connectivity index (χ0n) is 10.9. The quantitative estimate of drug-likeness (QED) is 0.880. The van der Waals surface area contributed by atoms with Crippen LogP contribution in [0.15, 0.2) is 41.8 Å². The Hall–Kier alpha value is -1.98. The van der Waals surface area contributed by atoms with Gasteiger partial charge < -0.3 is 10.0 Å². The number of ketones is 1. The number of likely N-dealkylation sites (N-methyl/N-ethyl adjacent to an activating group) is 1. The summed E-state index contributed by atoms with van der Waals surface area (Å²) < 4.78 is 0. The molecule has 1 aromatic heterocycles. The van der Waals surface area contributed by atoms with E-state index < -0.39 is 11.5 Å². The fourth-order valence-electron chi connectivity index (χ4n) is 2.55. The van der Waals surface area contributed by atoms with Crippen LogP contribution in [-0.2, 0) is 10.4 Å². The van der Waals surface area contributed by atoms with E-state index in [9.17, 15) is 14.7 Å². The van der Waals surface area contributed by atoms with Crippen LogP contribution < -0.4 is 4.90 Å². The van der Waals surface area contributed by atoms with E-state index >= 15 is 0 Å². The first kappa shape index (κ1) is 13.0. The smallest absolute Gasteiger partial charge is 0.263 e. The summed E-state index contributed by atoms with van der Waals surface area (Å²) in [7, 11) is 1.61. The molecule has 0 saturated carbocycles. The number of nitrogens with zero attached hydrogens (tertiary/aromatic N) is 1. The first-order chi connectivity index (χ1) is 9.54. The Labute approximate surface area is 120 Å². The molecule has 0 radical (unpaired) electrons. The summed E-state index contributed by atoms with van der Waals surface area (Å²) in [5.41, 5.74) is -0.608. The molecule has 102 valence electrons. The number of thiophene rings is 1. The minimum Gasteiger partial charge on any atom is -0.375 e. The molecule has 1 amide bonds. The van der Waals surface area contributed by atoms with Crippen molar-refractivity contribution in [3.63, 3.8) is 0 Å². The highest BCUT2D eigenvalue weighted by Crippen LogP contribution is 2.42. The lowest BCUT2D eigenvalue weighted by atomic mass is 9.89. The van der Waals surface area contributed by atoms with E-state index in [0.29, 0.717) is 16.1 Å². The molecule has 2 heterocycles. The zero-order chi connectivity index (χ0) is 14.3. The van der Waals surface area contributed by atoms with E-state index in [2.05, 4.69) is 0 Å². The van der Waals surface area contributed by atoms with Crippen molar-refractivity contribution in [1.29, 1.82) is 0 Å². The van der Waals surface area contributed by atoms with Gasteiger partial charge >= 0.3 is 0 Å². The first-order valence-corrected chi connectivity index (χ1v) is 7.09. The van der Waals surface area contributed by atoms with E-state index in [4.69, 9.17) is 0 Å². The molecule has 1 unspecified atom stereocenters. The van der Waals surface area contributed by atoms with Gasteiger partial charge in [0, 0.05) is 12.6 Å². The minimum absolute atomic E-state index is 0.221. The van der Waals surface area contributed by atoms with Crippen LogP contribution in [0.1, 0.15) is 21.7 Å². The number of hydrogen-bond acceptors (Lipinski definition) is 4. The molecule has 0 spiro atoms. The molecule has 2 aromatic rings. The predicted molar refractivity (Wildman–Crippen MR) is 77.0 cm³/mol. The van der Waals surface area contributed by atoms with E-state index in [-0.39, 0.29) is 12.2 Å². The fraction of sp³-hybridized carbons (Fsp3) is 0.200. The van der Waals surface area contributed by atoms with Crippen LogP contribution in [0.2, 0.25) is 0 Å². The Kier molecular flexibility index (Phi) is 2.96. The van der Waals surface area contributed by atoms with E-state index in [0.717, 1.165) is 0 Å². The maximum absolute atomic E-state index is 12.3. The maximum atomic E-state index is 12.3. The summed E-state index contributed by atoms with van der Waals surface area (Å²) in [4.78, 5) is 26.5. The van der Waals surface area contributed by atoms with Gasteiger partial charge in [0.15, 0.2) is 11.4 Å². The average molecular weight is 287 g/mol. The highest BCUT2D eigenvalue weighted by molar-refractivity contribution is 7.12. The number of Topliss-reactive ketones (excluding diaryl/α,β-unsaturated/α-hetero) is 1. The molecular formula is C15H13NO3S. The van der Waals surface area contributed by atoms with Crippen molar-refractivity contribution in [2.24, 2.45) is 0 Å². The summed E-state index contributed by atoms with van der Waals surface area (Å²) in [6.07, 6.45) is -0.228. The molecular weight excluding hydrogens is 274 g/mol. The van der Waals surface area contributed by atoms with Gasteiger partial charge in [-0.3, -0.25) is 9.59 Å². The largest absolute Gasteiger partial charge is 0.375 e. The standard InChI is InChI=1S/C15H13NO3S/c1-16-11-6-3-2-5-10(11)15(19,14(16)18)9-12(17)13-7-4-8-20-13/h2-8,19H,9H2,1H3. The Morgan fingerprint density at radius 2 is 2.05 bits per heavy atom. The van der Waals surface area contributed by atoms with Crippen LogP contribution in [0.3, 0.4) is 0 Å². The van der Waals surface area contributed by atoms with Crippen molar-refractivity contribution < 1.29 is 14.7 Å². The second-order valence-electron chi connectivity index (χ2n) is 4.82. The Balaban J connectivity index is 2.00. The molecule has 1 atom stereocenters. The summed E-state index contributed by atoms with van der Waals surface area (Å²) in [5.74, 6) is -0.676. The molecule has 1 aliphatic rings. The lowest BCUT2D eigenvalue weighted by molar-refractivity contribution is -0.135. The molecule has 1 aliphatic heterocycles. The highest BCUT2D eigenvalue weighted by atomic mass is 32.1. The molecule has 4 nitrogen and oxygen atoms in total. The number of rotatable bonds is 3. The molecule has 0 saturated heterocycles. The molecule has 1 aromatic carbocycles. The van der Waals surface area contributed by atoms with Crippen LogP contribution in [0.25, 0.3) is 0 Å². The van der Waals surface area contributed by atoms with Crippen LogP contribution >= 0.6 is 11.3 Å². The van der Waals surface area contributed by atoms with Gasteiger partial charge in [0.05, 0.1) is 17.0 Å². The molecule has 3 rings (SSSR count).